The highest BCUT2D eigenvalue weighted by Gasteiger charge is 2.21. The minimum atomic E-state index is -3.79. The molecule has 1 fully saturated rings. The first-order valence-electron chi connectivity index (χ1n) is 9.14. The van der Waals surface area contributed by atoms with Crippen LogP contribution < -0.4 is 9.46 Å². The molecule has 144 valence electrons. The van der Waals surface area contributed by atoms with Gasteiger partial charge in [0.05, 0.1) is 11.5 Å². The molecule has 0 spiro atoms. The third-order valence-corrected chi connectivity index (χ3v) is 5.83. The average molecular weight is 388 g/mol. The lowest BCUT2D eigenvalue weighted by Gasteiger charge is -2.26. The van der Waals surface area contributed by atoms with Crippen molar-refractivity contribution in [3.8, 4) is 5.75 Å². The van der Waals surface area contributed by atoms with Gasteiger partial charge in [-0.05, 0) is 68.7 Å². The molecule has 1 aliphatic heterocycles. The van der Waals surface area contributed by atoms with Crippen LogP contribution in [0.5, 0.6) is 5.75 Å². The van der Waals surface area contributed by atoms with Gasteiger partial charge in [0.25, 0.3) is 15.9 Å². The molecule has 2 aromatic rings. The van der Waals surface area contributed by atoms with Gasteiger partial charge in [0.1, 0.15) is 5.75 Å². The second-order valence-electron chi connectivity index (χ2n) is 6.44. The van der Waals surface area contributed by atoms with Crippen molar-refractivity contribution < 1.29 is 17.9 Å². The Morgan fingerprint density at radius 1 is 1.07 bits per heavy atom. The van der Waals surface area contributed by atoms with Gasteiger partial charge in [-0.25, -0.2) is 8.42 Å². The van der Waals surface area contributed by atoms with Crippen LogP contribution in [-0.4, -0.2) is 38.9 Å². The van der Waals surface area contributed by atoms with Crippen molar-refractivity contribution in [1.82, 2.24) is 4.90 Å². The van der Waals surface area contributed by atoms with Crippen molar-refractivity contribution in [2.45, 2.75) is 31.1 Å². The number of nitrogens with zero attached hydrogens (tertiary/aromatic N) is 1. The predicted octanol–water partition coefficient (Wildman–Crippen LogP) is 3.51. The lowest BCUT2D eigenvalue weighted by Crippen LogP contribution is -2.35. The van der Waals surface area contributed by atoms with E-state index in [9.17, 15) is 13.2 Å². The van der Waals surface area contributed by atoms with Gasteiger partial charge in [-0.3, -0.25) is 9.52 Å². The Hall–Kier alpha value is -2.54. The van der Waals surface area contributed by atoms with E-state index in [1.165, 1.54) is 12.1 Å². The molecule has 0 saturated carbocycles. The van der Waals surface area contributed by atoms with Crippen LogP contribution in [0.25, 0.3) is 0 Å². The maximum Gasteiger partial charge on any atom is 0.261 e. The Balaban J connectivity index is 1.77. The van der Waals surface area contributed by atoms with E-state index in [1.807, 2.05) is 6.92 Å². The van der Waals surface area contributed by atoms with E-state index in [2.05, 4.69) is 4.72 Å². The van der Waals surface area contributed by atoms with Crippen LogP contribution in [0.3, 0.4) is 0 Å². The van der Waals surface area contributed by atoms with E-state index < -0.39 is 10.0 Å². The van der Waals surface area contributed by atoms with E-state index in [-0.39, 0.29) is 10.8 Å². The Labute approximate surface area is 160 Å². The van der Waals surface area contributed by atoms with E-state index in [4.69, 9.17) is 4.74 Å². The summed E-state index contributed by atoms with van der Waals surface area (Å²) in [6.45, 7) is 3.87. The molecule has 1 saturated heterocycles. The summed E-state index contributed by atoms with van der Waals surface area (Å²) in [5.74, 6) is 0.558. The van der Waals surface area contributed by atoms with Gasteiger partial charge in [0.2, 0.25) is 0 Å². The highest BCUT2D eigenvalue weighted by Crippen LogP contribution is 2.21. The number of likely N-dealkylation sites (tertiary alicyclic amines) is 1. The smallest absolute Gasteiger partial charge is 0.261 e. The molecule has 0 unspecified atom stereocenters. The summed E-state index contributed by atoms with van der Waals surface area (Å²) in [6, 6.07) is 12.9. The summed E-state index contributed by atoms with van der Waals surface area (Å²) in [4.78, 5) is 14.5. The normalized spacial score (nSPS) is 14.6. The number of sulfonamides is 1. The summed E-state index contributed by atoms with van der Waals surface area (Å²) < 4.78 is 33.3. The summed E-state index contributed by atoms with van der Waals surface area (Å²) in [5, 5.41) is 0. The highest BCUT2D eigenvalue weighted by atomic mass is 32.2. The number of carbonyl (C=O) groups is 1. The van der Waals surface area contributed by atoms with Gasteiger partial charge in [-0.15, -0.1) is 0 Å². The first kappa shape index (κ1) is 19.2. The fourth-order valence-corrected chi connectivity index (χ4v) is 4.18. The molecule has 0 bridgehead atoms. The van der Waals surface area contributed by atoms with Gasteiger partial charge in [0, 0.05) is 24.3 Å². The molecule has 7 heteroatoms. The van der Waals surface area contributed by atoms with E-state index in [0.717, 1.165) is 32.4 Å². The summed E-state index contributed by atoms with van der Waals surface area (Å²) >= 11 is 0. The Morgan fingerprint density at radius 3 is 2.44 bits per heavy atom. The minimum Gasteiger partial charge on any atom is -0.494 e. The monoisotopic (exact) mass is 388 g/mol. The fourth-order valence-electron chi connectivity index (χ4n) is 3.08. The zero-order chi connectivity index (χ0) is 19.3. The van der Waals surface area contributed by atoms with Crippen LogP contribution in [0.15, 0.2) is 53.4 Å². The van der Waals surface area contributed by atoms with Gasteiger partial charge in [-0.2, -0.15) is 0 Å². The molecule has 1 heterocycles. The second-order valence-corrected chi connectivity index (χ2v) is 8.13. The Kier molecular flexibility index (Phi) is 6.01. The number of anilines is 1. The fraction of sp³-hybridized carbons (Fsp3) is 0.350. The topological polar surface area (TPSA) is 75.7 Å². The van der Waals surface area contributed by atoms with E-state index in [1.54, 1.807) is 41.3 Å². The van der Waals surface area contributed by atoms with Crippen molar-refractivity contribution in [3.63, 3.8) is 0 Å². The molecule has 1 aliphatic rings. The number of piperidine rings is 1. The van der Waals surface area contributed by atoms with Crippen molar-refractivity contribution in [2.24, 2.45) is 0 Å². The standard InChI is InChI=1S/C20H24N2O4S/c1-2-26-18-11-9-17(10-12-18)21-27(24,25)19-8-6-7-16(15-19)20(23)22-13-4-3-5-14-22/h6-12,15,21H,2-5,13-14H2,1H3. The number of nitrogens with one attached hydrogen (secondary N) is 1. The number of rotatable bonds is 6. The number of carbonyl (C=O) groups excluding carboxylic acids is 1. The van der Waals surface area contributed by atoms with Crippen LogP contribution in [-0.2, 0) is 10.0 Å². The molecular weight excluding hydrogens is 364 g/mol. The zero-order valence-corrected chi connectivity index (χ0v) is 16.2. The maximum atomic E-state index is 12.7. The molecule has 0 aliphatic carbocycles. The first-order valence-corrected chi connectivity index (χ1v) is 10.6. The molecule has 1 amide bonds. The maximum absolute atomic E-state index is 12.7. The average Bonchev–Trinajstić information content (AvgIpc) is 2.70. The number of amides is 1. The predicted molar refractivity (Wildman–Crippen MR) is 105 cm³/mol. The summed E-state index contributed by atoms with van der Waals surface area (Å²) in [7, 11) is -3.79. The summed E-state index contributed by atoms with van der Waals surface area (Å²) in [5.41, 5.74) is 0.831. The molecule has 6 nitrogen and oxygen atoms in total. The van der Waals surface area contributed by atoms with Gasteiger partial charge < -0.3 is 9.64 Å². The minimum absolute atomic E-state index is 0.0687. The van der Waals surface area contributed by atoms with Gasteiger partial charge in [-0.1, -0.05) is 6.07 Å². The zero-order valence-electron chi connectivity index (χ0n) is 15.3. The summed E-state index contributed by atoms with van der Waals surface area (Å²) in [6.07, 6.45) is 3.11. The van der Waals surface area contributed by atoms with Crippen LogP contribution in [0, 0.1) is 0 Å². The molecule has 1 N–H and O–H groups in total. The number of hydrogen-bond acceptors (Lipinski definition) is 4. The highest BCUT2D eigenvalue weighted by molar-refractivity contribution is 7.92. The molecule has 2 aromatic carbocycles. The van der Waals surface area contributed by atoms with Crippen LogP contribution in [0.4, 0.5) is 5.69 Å². The lowest BCUT2D eigenvalue weighted by atomic mass is 10.1. The van der Waals surface area contributed by atoms with Gasteiger partial charge in [0.15, 0.2) is 0 Å². The van der Waals surface area contributed by atoms with Gasteiger partial charge >= 0.3 is 0 Å². The quantitative estimate of drug-likeness (QED) is 0.822. The molecule has 27 heavy (non-hydrogen) atoms. The van der Waals surface area contributed by atoms with Crippen molar-refractivity contribution in [1.29, 1.82) is 0 Å². The number of benzene rings is 2. The first-order chi connectivity index (χ1) is 13.0. The van der Waals surface area contributed by atoms with Crippen LogP contribution in [0.2, 0.25) is 0 Å². The number of ether oxygens (including phenoxy) is 1. The molecule has 3 rings (SSSR count). The largest absolute Gasteiger partial charge is 0.494 e. The Morgan fingerprint density at radius 2 is 1.78 bits per heavy atom. The Bertz CT molecular complexity index is 888. The van der Waals surface area contributed by atoms with Crippen molar-refractivity contribution in [3.05, 3.63) is 54.1 Å². The van der Waals surface area contributed by atoms with Crippen molar-refractivity contribution in [2.75, 3.05) is 24.4 Å². The molecule has 0 radical (unpaired) electrons. The molecule has 0 atom stereocenters. The van der Waals surface area contributed by atoms with Crippen molar-refractivity contribution >= 4 is 21.6 Å². The molecular formula is C20H24N2O4S. The third kappa shape index (κ3) is 4.80. The van der Waals surface area contributed by atoms with Crippen LogP contribution in [0.1, 0.15) is 36.5 Å². The SMILES string of the molecule is CCOc1ccc(NS(=O)(=O)c2cccc(C(=O)N3CCCCC3)c2)cc1. The van der Waals surface area contributed by atoms with E-state index >= 15 is 0 Å². The second kappa shape index (κ2) is 8.43. The molecule has 0 aromatic heterocycles. The van der Waals surface area contributed by atoms with E-state index in [0.29, 0.717) is 23.6 Å². The van der Waals surface area contributed by atoms with Crippen LogP contribution >= 0.6 is 0 Å². The number of hydrogen-bond donors (Lipinski definition) is 1. The lowest BCUT2D eigenvalue weighted by molar-refractivity contribution is 0.0724. The third-order valence-electron chi connectivity index (χ3n) is 4.45.